The van der Waals surface area contributed by atoms with E-state index >= 15 is 0 Å². The van der Waals surface area contributed by atoms with Crippen molar-refractivity contribution >= 4 is 28.7 Å². The van der Waals surface area contributed by atoms with E-state index in [2.05, 4.69) is 41.3 Å². The lowest BCUT2D eigenvalue weighted by Gasteiger charge is -2.34. The normalized spacial score (nSPS) is 18.5. The summed E-state index contributed by atoms with van der Waals surface area (Å²) < 4.78 is 6.01. The van der Waals surface area contributed by atoms with Crippen molar-refractivity contribution in [1.82, 2.24) is 9.88 Å². The van der Waals surface area contributed by atoms with E-state index < -0.39 is 0 Å². The molecule has 1 amide bonds. The maximum absolute atomic E-state index is 12.8. The number of nitrogens with zero attached hydrogens (tertiary/aromatic N) is 3. The largest absolute Gasteiger partial charge is 0.423 e. The van der Waals surface area contributed by atoms with E-state index in [0.717, 1.165) is 42.7 Å². The summed E-state index contributed by atoms with van der Waals surface area (Å²) in [6, 6.07) is 14.9. The van der Waals surface area contributed by atoms with Crippen LogP contribution in [-0.2, 0) is 0 Å². The molecule has 0 unspecified atom stereocenters. The first kappa shape index (κ1) is 22.0. The van der Waals surface area contributed by atoms with Gasteiger partial charge in [0.2, 0.25) is 0 Å². The minimum Gasteiger partial charge on any atom is -0.423 e. The minimum absolute atomic E-state index is 0.100. The standard InChI is InChI=1S/C27H34N4O2/c1-30-16-14-23(15-17-30)31(2)27-29-24-18-22(12-13-25(24)33-27)28-26(32)21-10-8-20(9-11-21)19-6-4-3-5-7-19/h8-13,18-19,23H,3-7,14-17H2,1-2H3,(H,28,32). The fourth-order valence-corrected chi connectivity index (χ4v) is 5.23. The molecule has 5 rings (SSSR count). The molecule has 1 aromatic heterocycles. The molecule has 2 aromatic carbocycles. The maximum Gasteiger partial charge on any atom is 0.298 e. The first-order valence-electron chi connectivity index (χ1n) is 12.3. The Bertz CT molecular complexity index is 1090. The number of hydrogen-bond acceptors (Lipinski definition) is 5. The van der Waals surface area contributed by atoms with E-state index in [0.29, 0.717) is 23.5 Å². The third-order valence-corrected chi connectivity index (χ3v) is 7.42. The fraction of sp³-hybridized carbons (Fsp3) is 0.481. The van der Waals surface area contributed by atoms with Gasteiger partial charge in [0, 0.05) is 24.3 Å². The predicted octanol–water partition coefficient (Wildman–Crippen LogP) is 5.66. The highest BCUT2D eigenvalue weighted by molar-refractivity contribution is 6.05. The molecular formula is C27H34N4O2. The lowest BCUT2D eigenvalue weighted by molar-refractivity contribution is 0.102. The molecule has 2 fully saturated rings. The molecule has 3 aromatic rings. The van der Waals surface area contributed by atoms with Gasteiger partial charge in [-0.05, 0) is 87.6 Å². The van der Waals surface area contributed by atoms with Crippen LogP contribution in [0.5, 0.6) is 0 Å². The Hall–Kier alpha value is -2.86. The van der Waals surface area contributed by atoms with Gasteiger partial charge in [-0.1, -0.05) is 31.4 Å². The summed E-state index contributed by atoms with van der Waals surface area (Å²) in [5, 5.41) is 3.02. The van der Waals surface area contributed by atoms with Crippen LogP contribution >= 0.6 is 0 Å². The molecule has 0 bridgehead atoms. The Labute approximate surface area is 196 Å². The molecule has 0 spiro atoms. The van der Waals surface area contributed by atoms with Crippen molar-refractivity contribution in [2.45, 2.75) is 56.9 Å². The van der Waals surface area contributed by atoms with Crippen LogP contribution in [0, 0.1) is 0 Å². The molecule has 0 atom stereocenters. The van der Waals surface area contributed by atoms with Gasteiger partial charge in [0.05, 0.1) is 0 Å². The highest BCUT2D eigenvalue weighted by Gasteiger charge is 2.24. The second-order valence-corrected chi connectivity index (χ2v) is 9.74. The highest BCUT2D eigenvalue weighted by atomic mass is 16.4. The fourth-order valence-electron chi connectivity index (χ4n) is 5.23. The molecule has 1 saturated carbocycles. The number of likely N-dealkylation sites (tertiary alicyclic amines) is 1. The van der Waals surface area contributed by atoms with Gasteiger partial charge < -0.3 is 19.5 Å². The smallest absolute Gasteiger partial charge is 0.298 e. The van der Waals surface area contributed by atoms with Gasteiger partial charge >= 0.3 is 0 Å². The molecule has 0 radical (unpaired) electrons. The summed E-state index contributed by atoms with van der Waals surface area (Å²) in [6.45, 7) is 2.18. The highest BCUT2D eigenvalue weighted by Crippen LogP contribution is 2.33. The molecule has 33 heavy (non-hydrogen) atoms. The monoisotopic (exact) mass is 446 g/mol. The molecule has 6 nitrogen and oxygen atoms in total. The van der Waals surface area contributed by atoms with Crippen LogP contribution in [0.3, 0.4) is 0 Å². The van der Waals surface area contributed by atoms with Gasteiger partial charge in [0.15, 0.2) is 5.58 Å². The average molecular weight is 447 g/mol. The topological polar surface area (TPSA) is 61.6 Å². The number of carbonyl (C=O) groups is 1. The van der Waals surface area contributed by atoms with Crippen molar-refractivity contribution in [2.75, 3.05) is 37.4 Å². The van der Waals surface area contributed by atoms with Gasteiger partial charge in [-0.25, -0.2) is 0 Å². The Balaban J connectivity index is 1.25. The van der Waals surface area contributed by atoms with Crippen LogP contribution in [0.25, 0.3) is 11.1 Å². The molecule has 1 saturated heterocycles. The van der Waals surface area contributed by atoms with Crippen molar-refractivity contribution in [3.63, 3.8) is 0 Å². The zero-order valence-electron chi connectivity index (χ0n) is 19.7. The minimum atomic E-state index is -0.100. The van der Waals surface area contributed by atoms with Gasteiger partial charge in [-0.3, -0.25) is 4.79 Å². The number of fused-ring (bicyclic) bond motifs is 1. The SMILES string of the molecule is CN1CCC(N(C)c2nc3cc(NC(=O)c4ccc(C5CCCCC5)cc4)ccc3o2)CC1. The number of anilines is 2. The summed E-state index contributed by atoms with van der Waals surface area (Å²) in [6.07, 6.45) is 8.71. The first-order chi connectivity index (χ1) is 16.1. The van der Waals surface area contributed by atoms with Gasteiger partial charge in [0.25, 0.3) is 11.9 Å². The lowest BCUT2D eigenvalue weighted by atomic mass is 9.84. The van der Waals surface area contributed by atoms with E-state index in [1.807, 2.05) is 30.3 Å². The number of hydrogen-bond donors (Lipinski definition) is 1. The second-order valence-electron chi connectivity index (χ2n) is 9.74. The molecule has 2 aliphatic rings. The average Bonchev–Trinajstić information content (AvgIpc) is 3.28. The number of carbonyl (C=O) groups excluding carboxylic acids is 1. The van der Waals surface area contributed by atoms with Crippen molar-refractivity contribution in [3.05, 3.63) is 53.6 Å². The number of aromatic nitrogens is 1. The first-order valence-corrected chi connectivity index (χ1v) is 12.3. The van der Waals surface area contributed by atoms with Crippen LogP contribution < -0.4 is 10.2 Å². The van der Waals surface area contributed by atoms with Crippen LogP contribution in [-0.4, -0.2) is 49.0 Å². The van der Waals surface area contributed by atoms with E-state index in [9.17, 15) is 4.79 Å². The Kier molecular flexibility index (Phi) is 6.36. The summed E-state index contributed by atoms with van der Waals surface area (Å²) >= 11 is 0. The van der Waals surface area contributed by atoms with Gasteiger partial charge in [-0.2, -0.15) is 4.98 Å². The molecule has 174 valence electrons. The number of benzene rings is 2. The summed E-state index contributed by atoms with van der Waals surface area (Å²) in [7, 11) is 4.22. The quantitative estimate of drug-likeness (QED) is 0.548. The van der Waals surface area contributed by atoms with Crippen molar-refractivity contribution in [2.24, 2.45) is 0 Å². The summed E-state index contributed by atoms with van der Waals surface area (Å²) in [5.74, 6) is 0.545. The maximum atomic E-state index is 12.8. The number of oxazole rings is 1. The van der Waals surface area contributed by atoms with Crippen molar-refractivity contribution in [1.29, 1.82) is 0 Å². The van der Waals surface area contributed by atoms with Crippen molar-refractivity contribution < 1.29 is 9.21 Å². The zero-order chi connectivity index (χ0) is 22.8. The van der Waals surface area contributed by atoms with E-state index in [1.165, 1.54) is 37.7 Å². The summed E-state index contributed by atoms with van der Waals surface area (Å²) in [4.78, 5) is 22.0. The molecule has 2 heterocycles. The Morgan fingerprint density at radius 2 is 1.76 bits per heavy atom. The summed E-state index contributed by atoms with van der Waals surface area (Å²) in [5.41, 5.74) is 4.26. The zero-order valence-corrected chi connectivity index (χ0v) is 19.7. The molecule has 1 N–H and O–H groups in total. The van der Waals surface area contributed by atoms with Gasteiger partial charge in [-0.15, -0.1) is 0 Å². The van der Waals surface area contributed by atoms with Crippen molar-refractivity contribution in [3.8, 4) is 0 Å². The van der Waals surface area contributed by atoms with Crippen LogP contribution in [0.15, 0.2) is 46.9 Å². The third kappa shape index (κ3) is 4.91. The molecule has 1 aliphatic carbocycles. The number of amides is 1. The van der Waals surface area contributed by atoms with E-state index in [4.69, 9.17) is 9.40 Å². The Morgan fingerprint density at radius 3 is 2.48 bits per heavy atom. The second kappa shape index (κ2) is 9.56. The van der Waals surface area contributed by atoms with Crippen LogP contribution in [0.2, 0.25) is 0 Å². The number of nitrogens with one attached hydrogen (secondary N) is 1. The predicted molar refractivity (Wildman–Crippen MR) is 133 cm³/mol. The van der Waals surface area contributed by atoms with Crippen LogP contribution in [0.1, 0.15) is 66.8 Å². The lowest BCUT2D eigenvalue weighted by Crippen LogP contribution is -2.42. The third-order valence-electron chi connectivity index (χ3n) is 7.42. The Morgan fingerprint density at radius 1 is 1.03 bits per heavy atom. The molecule has 1 aliphatic heterocycles. The van der Waals surface area contributed by atoms with E-state index in [1.54, 1.807) is 0 Å². The van der Waals surface area contributed by atoms with Crippen LogP contribution in [0.4, 0.5) is 11.7 Å². The number of piperidine rings is 1. The van der Waals surface area contributed by atoms with Gasteiger partial charge in [0.1, 0.15) is 5.52 Å². The molecular weight excluding hydrogens is 412 g/mol. The molecule has 6 heteroatoms. The number of rotatable bonds is 5. The van der Waals surface area contributed by atoms with E-state index in [-0.39, 0.29) is 5.91 Å².